The van der Waals surface area contributed by atoms with Gasteiger partial charge in [0.25, 0.3) is 0 Å². The predicted octanol–water partition coefficient (Wildman–Crippen LogP) is 0.133. The lowest BCUT2D eigenvalue weighted by atomic mass is 10.1. The largest absolute Gasteiger partial charge is 0.349 e. The van der Waals surface area contributed by atoms with Crippen LogP contribution in [0.3, 0.4) is 0 Å². The zero-order valence-corrected chi connectivity index (χ0v) is 10.8. The first-order valence-electron chi connectivity index (χ1n) is 6.06. The van der Waals surface area contributed by atoms with Gasteiger partial charge in [0.15, 0.2) is 5.82 Å². The van der Waals surface area contributed by atoms with Crippen LogP contribution in [0.25, 0.3) is 0 Å². The number of aryl methyl sites for hydroxylation is 1. The molecule has 19 heavy (non-hydrogen) atoms. The van der Waals surface area contributed by atoms with Crippen LogP contribution in [-0.4, -0.2) is 20.7 Å². The van der Waals surface area contributed by atoms with E-state index in [0.29, 0.717) is 19.5 Å². The van der Waals surface area contributed by atoms with Gasteiger partial charge in [-0.2, -0.15) is 0 Å². The molecule has 6 nitrogen and oxygen atoms in total. The zero-order valence-electron chi connectivity index (χ0n) is 10.8. The normalized spacial score (nSPS) is 10.4. The Balaban J connectivity index is 1.85. The predicted molar refractivity (Wildman–Crippen MR) is 70.9 cm³/mol. The molecule has 1 aromatic heterocycles. The molecule has 6 heteroatoms. The smallest absolute Gasteiger partial charge is 0.224 e. The number of amides is 1. The molecule has 0 saturated heterocycles. The van der Waals surface area contributed by atoms with Crippen molar-refractivity contribution in [3.8, 4) is 0 Å². The number of carbonyl (C=O) groups is 1. The van der Waals surface area contributed by atoms with Crippen LogP contribution in [0, 0.1) is 0 Å². The highest BCUT2D eigenvalue weighted by molar-refractivity contribution is 5.78. The van der Waals surface area contributed by atoms with Crippen LogP contribution in [0.5, 0.6) is 0 Å². The number of nitrogens with one attached hydrogen (secondary N) is 1. The topological polar surface area (TPSA) is 85.8 Å². The van der Waals surface area contributed by atoms with Gasteiger partial charge >= 0.3 is 0 Å². The summed E-state index contributed by atoms with van der Waals surface area (Å²) < 4.78 is 1.77. The second-order valence-electron chi connectivity index (χ2n) is 4.33. The molecule has 2 rings (SSSR count). The van der Waals surface area contributed by atoms with Crippen LogP contribution in [-0.2, 0) is 31.4 Å². The summed E-state index contributed by atoms with van der Waals surface area (Å²) in [4.78, 5) is 11.8. The molecule has 0 aliphatic rings. The lowest BCUT2D eigenvalue weighted by molar-refractivity contribution is -0.120. The third kappa shape index (κ3) is 3.62. The van der Waals surface area contributed by atoms with E-state index in [-0.39, 0.29) is 5.91 Å². The number of carbonyl (C=O) groups excluding carboxylic acids is 1. The molecule has 1 aromatic carbocycles. The number of hydrogen-bond acceptors (Lipinski definition) is 4. The molecule has 0 atom stereocenters. The van der Waals surface area contributed by atoms with Gasteiger partial charge in [-0.05, 0) is 11.1 Å². The minimum absolute atomic E-state index is 0.0384. The lowest BCUT2D eigenvalue weighted by Crippen LogP contribution is -2.25. The number of benzene rings is 1. The summed E-state index contributed by atoms with van der Waals surface area (Å²) >= 11 is 0. The maximum atomic E-state index is 11.8. The number of nitrogens with zero attached hydrogens (tertiary/aromatic N) is 3. The van der Waals surface area contributed by atoms with E-state index in [4.69, 9.17) is 5.73 Å². The second-order valence-corrected chi connectivity index (χ2v) is 4.33. The van der Waals surface area contributed by atoms with E-state index in [2.05, 4.69) is 15.5 Å². The summed E-state index contributed by atoms with van der Waals surface area (Å²) in [7, 11) is 1.84. The SMILES string of the molecule is Cn1cnnc1CNC(=O)Cc1ccc(CN)cc1. The summed E-state index contributed by atoms with van der Waals surface area (Å²) in [6.07, 6.45) is 1.95. The van der Waals surface area contributed by atoms with Gasteiger partial charge in [0.2, 0.25) is 5.91 Å². The van der Waals surface area contributed by atoms with Gasteiger partial charge in [-0.25, -0.2) is 0 Å². The third-order valence-corrected chi connectivity index (χ3v) is 2.87. The molecule has 1 amide bonds. The van der Waals surface area contributed by atoms with Crippen molar-refractivity contribution in [1.29, 1.82) is 0 Å². The van der Waals surface area contributed by atoms with E-state index in [1.165, 1.54) is 0 Å². The molecule has 0 saturated carbocycles. The summed E-state index contributed by atoms with van der Waals surface area (Å²) in [6, 6.07) is 7.71. The van der Waals surface area contributed by atoms with Crippen molar-refractivity contribution in [1.82, 2.24) is 20.1 Å². The van der Waals surface area contributed by atoms with Crippen molar-refractivity contribution in [3.05, 3.63) is 47.5 Å². The molecular weight excluding hydrogens is 242 g/mol. The molecule has 0 unspecified atom stereocenters. The highest BCUT2D eigenvalue weighted by Gasteiger charge is 2.05. The van der Waals surface area contributed by atoms with Crippen LogP contribution < -0.4 is 11.1 Å². The molecule has 0 aliphatic heterocycles. The van der Waals surface area contributed by atoms with Gasteiger partial charge in [0.1, 0.15) is 6.33 Å². The number of aromatic nitrogens is 3. The Morgan fingerprint density at radius 1 is 1.32 bits per heavy atom. The van der Waals surface area contributed by atoms with E-state index >= 15 is 0 Å². The minimum Gasteiger partial charge on any atom is -0.349 e. The third-order valence-electron chi connectivity index (χ3n) is 2.87. The average molecular weight is 259 g/mol. The van der Waals surface area contributed by atoms with Crippen molar-refractivity contribution in [2.45, 2.75) is 19.5 Å². The number of nitrogens with two attached hydrogens (primary N) is 1. The van der Waals surface area contributed by atoms with E-state index in [0.717, 1.165) is 17.0 Å². The molecule has 1 heterocycles. The second kappa shape index (κ2) is 6.10. The van der Waals surface area contributed by atoms with Gasteiger partial charge in [-0.15, -0.1) is 10.2 Å². The molecule has 2 aromatic rings. The fourth-order valence-corrected chi connectivity index (χ4v) is 1.69. The van der Waals surface area contributed by atoms with Crippen LogP contribution in [0.1, 0.15) is 17.0 Å². The highest BCUT2D eigenvalue weighted by Crippen LogP contribution is 2.04. The Morgan fingerprint density at radius 2 is 2.00 bits per heavy atom. The van der Waals surface area contributed by atoms with Crippen molar-refractivity contribution in [2.24, 2.45) is 12.8 Å². The first-order valence-corrected chi connectivity index (χ1v) is 6.06. The van der Waals surface area contributed by atoms with E-state index in [9.17, 15) is 4.79 Å². The number of hydrogen-bond donors (Lipinski definition) is 2. The molecule has 0 spiro atoms. The Bertz CT molecular complexity index is 546. The van der Waals surface area contributed by atoms with Crippen LogP contribution in [0.15, 0.2) is 30.6 Å². The molecule has 0 fully saturated rings. The molecular formula is C13H17N5O. The maximum Gasteiger partial charge on any atom is 0.224 e. The quantitative estimate of drug-likeness (QED) is 0.799. The van der Waals surface area contributed by atoms with Gasteiger partial charge in [0, 0.05) is 13.6 Å². The Hall–Kier alpha value is -2.21. The monoisotopic (exact) mass is 259 g/mol. The highest BCUT2D eigenvalue weighted by atomic mass is 16.1. The molecule has 3 N–H and O–H groups in total. The van der Waals surface area contributed by atoms with Crippen molar-refractivity contribution < 1.29 is 4.79 Å². The van der Waals surface area contributed by atoms with Crippen LogP contribution in [0.2, 0.25) is 0 Å². The minimum atomic E-state index is -0.0384. The summed E-state index contributed by atoms with van der Waals surface area (Å²) in [5.41, 5.74) is 7.55. The lowest BCUT2D eigenvalue weighted by Gasteiger charge is -2.05. The van der Waals surface area contributed by atoms with E-state index < -0.39 is 0 Å². The fraction of sp³-hybridized carbons (Fsp3) is 0.308. The van der Waals surface area contributed by atoms with Gasteiger partial charge in [0.05, 0.1) is 13.0 Å². The standard InChI is InChI=1S/C13H17N5O/c1-18-9-16-17-12(18)8-15-13(19)6-10-2-4-11(7-14)5-3-10/h2-5,9H,6-8,14H2,1H3,(H,15,19). The molecule has 100 valence electrons. The van der Waals surface area contributed by atoms with Gasteiger partial charge < -0.3 is 15.6 Å². The Labute approximate surface area is 111 Å². The van der Waals surface area contributed by atoms with E-state index in [1.807, 2.05) is 31.3 Å². The average Bonchev–Trinajstić information content (AvgIpc) is 2.83. The molecule has 0 aliphatic carbocycles. The zero-order chi connectivity index (χ0) is 13.7. The van der Waals surface area contributed by atoms with Crippen LogP contribution in [0.4, 0.5) is 0 Å². The molecule has 0 bridgehead atoms. The Morgan fingerprint density at radius 3 is 2.58 bits per heavy atom. The van der Waals surface area contributed by atoms with Gasteiger partial charge in [-0.3, -0.25) is 4.79 Å². The first kappa shape index (κ1) is 13.2. The van der Waals surface area contributed by atoms with Crippen molar-refractivity contribution in [3.63, 3.8) is 0 Å². The molecule has 0 radical (unpaired) electrons. The number of rotatable bonds is 5. The van der Waals surface area contributed by atoms with Crippen LogP contribution >= 0.6 is 0 Å². The fourth-order valence-electron chi connectivity index (χ4n) is 1.69. The maximum absolute atomic E-state index is 11.8. The summed E-state index contributed by atoms with van der Waals surface area (Å²) in [5.74, 6) is 0.690. The van der Waals surface area contributed by atoms with Crippen molar-refractivity contribution in [2.75, 3.05) is 0 Å². The van der Waals surface area contributed by atoms with Gasteiger partial charge in [-0.1, -0.05) is 24.3 Å². The first-order chi connectivity index (χ1) is 9.19. The Kier molecular flexibility index (Phi) is 4.25. The van der Waals surface area contributed by atoms with E-state index in [1.54, 1.807) is 10.9 Å². The summed E-state index contributed by atoms with van der Waals surface area (Å²) in [5, 5.41) is 10.5. The van der Waals surface area contributed by atoms with Crippen molar-refractivity contribution >= 4 is 5.91 Å². The summed E-state index contributed by atoms with van der Waals surface area (Å²) in [6.45, 7) is 0.898.